The second kappa shape index (κ2) is 11.0. The standard InChI is InChI=1S/C27H35NO4Si/c1-27(2,3)33(4,5)32-20-24(29)23-16-25(30-18-21-12-8-6-9-13-21)26(17-28-23)31-19-22-14-10-7-11-15-22/h6-17,24,29H,18-20H2,1-5H3. The number of aliphatic hydroxyl groups excluding tert-OH is 1. The molecule has 1 atom stereocenters. The van der Waals surface area contributed by atoms with Gasteiger partial charge in [-0.2, -0.15) is 0 Å². The molecule has 0 fully saturated rings. The molecule has 6 heteroatoms. The van der Waals surface area contributed by atoms with Gasteiger partial charge in [0.05, 0.1) is 18.5 Å². The first-order valence-corrected chi connectivity index (χ1v) is 14.2. The zero-order valence-corrected chi connectivity index (χ0v) is 21.2. The molecule has 1 aromatic heterocycles. The summed E-state index contributed by atoms with van der Waals surface area (Å²) in [4.78, 5) is 4.45. The summed E-state index contributed by atoms with van der Waals surface area (Å²) >= 11 is 0. The lowest BCUT2D eigenvalue weighted by Gasteiger charge is -2.36. The van der Waals surface area contributed by atoms with Crippen molar-refractivity contribution in [2.45, 2.75) is 58.2 Å². The van der Waals surface area contributed by atoms with Gasteiger partial charge in [-0.3, -0.25) is 4.98 Å². The predicted octanol–water partition coefficient (Wildman–Crippen LogP) is 6.29. The first-order valence-electron chi connectivity index (χ1n) is 11.3. The van der Waals surface area contributed by atoms with Gasteiger partial charge in [-0.25, -0.2) is 0 Å². The molecule has 0 aliphatic rings. The van der Waals surface area contributed by atoms with Crippen LogP contribution in [0.15, 0.2) is 72.9 Å². The molecule has 1 N–H and O–H groups in total. The molecule has 0 radical (unpaired) electrons. The first kappa shape index (κ1) is 25.0. The van der Waals surface area contributed by atoms with Crippen molar-refractivity contribution in [3.05, 3.63) is 89.7 Å². The highest BCUT2D eigenvalue weighted by molar-refractivity contribution is 6.74. The fourth-order valence-corrected chi connectivity index (χ4v) is 3.91. The average Bonchev–Trinajstić information content (AvgIpc) is 2.80. The lowest BCUT2D eigenvalue weighted by atomic mass is 10.2. The average molecular weight is 466 g/mol. The largest absolute Gasteiger partial charge is 0.485 e. The van der Waals surface area contributed by atoms with Crippen molar-refractivity contribution >= 4 is 8.32 Å². The van der Waals surface area contributed by atoms with Crippen LogP contribution < -0.4 is 9.47 Å². The van der Waals surface area contributed by atoms with Crippen molar-refractivity contribution in [2.24, 2.45) is 0 Å². The number of hydrogen-bond acceptors (Lipinski definition) is 5. The number of aliphatic hydroxyl groups is 1. The summed E-state index contributed by atoms with van der Waals surface area (Å²) in [5.74, 6) is 1.09. The SMILES string of the molecule is CC(C)(C)[Si](C)(C)OCC(O)c1cc(OCc2ccccc2)c(OCc2ccccc2)cn1. The van der Waals surface area contributed by atoms with Crippen molar-refractivity contribution in [1.82, 2.24) is 4.98 Å². The van der Waals surface area contributed by atoms with E-state index in [1.165, 1.54) is 0 Å². The van der Waals surface area contributed by atoms with Gasteiger partial charge in [0.2, 0.25) is 0 Å². The number of nitrogens with zero attached hydrogens (tertiary/aromatic N) is 1. The zero-order valence-electron chi connectivity index (χ0n) is 20.2. The Hall–Kier alpha value is -2.67. The number of benzene rings is 2. The highest BCUT2D eigenvalue weighted by Crippen LogP contribution is 2.37. The quantitative estimate of drug-likeness (QED) is 0.356. The van der Waals surface area contributed by atoms with E-state index in [-0.39, 0.29) is 11.6 Å². The Morgan fingerprint density at radius 3 is 1.88 bits per heavy atom. The van der Waals surface area contributed by atoms with Crippen LogP contribution in [-0.2, 0) is 17.6 Å². The minimum atomic E-state index is -1.98. The van der Waals surface area contributed by atoms with E-state index in [1.54, 1.807) is 12.3 Å². The van der Waals surface area contributed by atoms with Gasteiger partial charge in [0.15, 0.2) is 19.8 Å². The van der Waals surface area contributed by atoms with E-state index in [9.17, 15) is 5.11 Å². The van der Waals surface area contributed by atoms with Crippen molar-refractivity contribution in [3.63, 3.8) is 0 Å². The van der Waals surface area contributed by atoms with Gasteiger partial charge in [-0.05, 0) is 29.3 Å². The lowest BCUT2D eigenvalue weighted by molar-refractivity contribution is 0.0964. The van der Waals surface area contributed by atoms with Crippen LogP contribution in [0.25, 0.3) is 0 Å². The Morgan fingerprint density at radius 1 is 0.848 bits per heavy atom. The molecule has 3 rings (SSSR count). The number of hydrogen-bond donors (Lipinski definition) is 1. The second-order valence-electron chi connectivity index (χ2n) is 9.69. The highest BCUT2D eigenvalue weighted by Gasteiger charge is 2.37. The minimum absolute atomic E-state index is 0.0687. The van der Waals surface area contributed by atoms with Crippen LogP contribution >= 0.6 is 0 Å². The smallest absolute Gasteiger partial charge is 0.192 e. The third-order valence-electron chi connectivity index (χ3n) is 6.08. The Kier molecular flexibility index (Phi) is 8.29. The Morgan fingerprint density at radius 2 is 1.36 bits per heavy atom. The van der Waals surface area contributed by atoms with Gasteiger partial charge in [-0.1, -0.05) is 81.4 Å². The second-order valence-corrected chi connectivity index (χ2v) is 14.5. The molecule has 0 bridgehead atoms. The maximum atomic E-state index is 10.8. The first-order chi connectivity index (χ1) is 15.7. The maximum Gasteiger partial charge on any atom is 0.192 e. The summed E-state index contributed by atoms with van der Waals surface area (Å²) < 4.78 is 18.3. The van der Waals surface area contributed by atoms with E-state index >= 15 is 0 Å². The maximum absolute atomic E-state index is 10.8. The summed E-state index contributed by atoms with van der Waals surface area (Å²) in [6.07, 6.45) is 0.773. The van der Waals surface area contributed by atoms with Crippen LogP contribution in [0.5, 0.6) is 11.5 Å². The molecule has 0 spiro atoms. The molecule has 5 nitrogen and oxygen atoms in total. The van der Waals surface area contributed by atoms with Crippen molar-refractivity contribution in [2.75, 3.05) is 6.61 Å². The molecular formula is C27H35NO4Si. The summed E-state index contributed by atoms with van der Waals surface area (Å²) in [7, 11) is -1.98. The van der Waals surface area contributed by atoms with Crippen LogP contribution in [0, 0.1) is 0 Å². The molecule has 0 aliphatic carbocycles. The van der Waals surface area contributed by atoms with Crippen LogP contribution in [-0.4, -0.2) is 25.0 Å². The fraction of sp³-hybridized carbons (Fsp3) is 0.370. The minimum Gasteiger partial charge on any atom is -0.485 e. The van der Waals surface area contributed by atoms with Crippen molar-refractivity contribution < 1.29 is 19.0 Å². The third kappa shape index (κ3) is 7.15. The van der Waals surface area contributed by atoms with Gasteiger partial charge in [0.25, 0.3) is 0 Å². The molecule has 0 aliphatic heterocycles. The summed E-state index contributed by atoms with van der Waals surface area (Å²) in [6, 6.07) is 21.6. The molecule has 0 saturated carbocycles. The van der Waals surface area contributed by atoms with Crippen molar-refractivity contribution in [1.29, 1.82) is 0 Å². The van der Waals surface area contributed by atoms with Gasteiger partial charge in [0.1, 0.15) is 19.3 Å². The number of rotatable bonds is 10. The molecule has 0 saturated heterocycles. The lowest BCUT2D eigenvalue weighted by Crippen LogP contribution is -2.41. The van der Waals surface area contributed by atoms with E-state index in [0.717, 1.165) is 11.1 Å². The van der Waals surface area contributed by atoms with Crippen LogP contribution in [0.1, 0.15) is 43.7 Å². The number of aromatic nitrogens is 1. The molecule has 33 heavy (non-hydrogen) atoms. The number of pyridine rings is 1. The Balaban J connectivity index is 1.75. The molecule has 1 unspecified atom stereocenters. The molecule has 176 valence electrons. The van der Waals surface area contributed by atoms with E-state index < -0.39 is 14.4 Å². The van der Waals surface area contributed by atoms with Gasteiger partial charge >= 0.3 is 0 Å². The third-order valence-corrected chi connectivity index (χ3v) is 10.6. The van der Waals surface area contributed by atoms with Crippen LogP contribution in [0.4, 0.5) is 0 Å². The monoisotopic (exact) mass is 465 g/mol. The molecule has 2 aromatic carbocycles. The van der Waals surface area contributed by atoms with Gasteiger partial charge in [-0.15, -0.1) is 0 Å². The number of ether oxygens (including phenoxy) is 2. The summed E-state index contributed by atoms with van der Waals surface area (Å²) in [6.45, 7) is 11.9. The topological polar surface area (TPSA) is 60.8 Å². The van der Waals surface area contributed by atoms with Crippen LogP contribution in [0.2, 0.25) is 18.1 Å². The van der Waals surface area contributed by atoms with E-state index in [4.69, 9.17) is 13.9 Å². The highest BCUT2D eigenvalue weighted by atomic mass is 28.4. The predicted molar refractivity (Wildman–Crippen MR) is 134 cm³/mol. The molecule has 1 heterocycles. The van der Waals surface area contributed by atoms with Crippen LogP contribution in [0.3, 0.4) is 0 Å². The summed E-state index contributed by atoms with van der Waals surface area (Å²) in [5, 5.41) is 10.9. The van der Waals surface area contributed by atoms with E-state index in [0.29, 0.717) is 30.4 Å². The molecule has 0 amide bonds. The van der Waals surface area contributed by atoms with Gasteiger partial charge in [0, 0.05) is 6.07 Å². The van der Waals surface area contributed by atoms with Crippen molar-refractivity contribution in [3.8, 4) is 11.5 Å². The molecular weight excluding hydrogens is 430 g/mol. The van der Waals surface area contributed by atoms with E-state index in [2.05, 4.69) is 38.8 Å². The zero-order chi connectivity index (χ0) is 23.9. The van der Waals surface area contributed by atoms with Gasteiger partial charge < -0.3 is 19.0 Å². The summed E-state index contributed by atoms with van der Waals surface area (Å²) in [5.41, 5.74) is 2.61. The Bertz CT molecular complexity index is 1000. The fourth-order valence-electron chi connectivity index (χ4n) is 2.90. The van der Waals surface area contributed by atoms with E-state index in [1.807, 2.05) is 60.7 Å². The normalized spacial score (nSPS) is 12.9. The Labute approximate surface area is 198 Å². The molecule has 3 aromatic rings.